The molecule has 0 saturated carbocycles. The van der Waals surface area contributed by atoms with Crippen LogP contribution in [0.2, 0.25) is 0 Å². The average molecular weight is 210 g/mol. The predicted molar refractivity (Wildman–Crippen MR) is 46.2 cm³/mol. The molecule has 2 atom stereocenters. The molecule has 0 radical (unpaired) electrons. The van der Waals surface area contributed by atoms with Crippen molar-refractivity contribution in [2.75, 3.05) is 27.2 Å². The molecular formula is C6H14N2O4S. The molecule has 0 aromatic carbocycles. The van der Waals surface area contributed by atoms with Crippen LogP contribution in [0.1, 0.15) is 0 Å². The van der Waals surface area contributed by atoms with Gasteiger partial charge >= 0.3 is 0 Å². The molecule has 2 N–H and O–H groups in total. The monoisotopic (exact) mass is 210 g/mol. The van der Waals surface area contributed by atoms with E-state index in [-0.39, 0.29) is 13.1 Å². The van der Waals surface area contributed by atoms with Crippen LogP contribution in [0.3, 0.4) is 0 Å². The lowest BCUT2D eigenvalue weighted by Crippen LogP contribution is -2.39. The van der Waals surface area contributed by atoms with Gasteiger partial charge in [-0.3, -0.25) is 0 Å². The van der Waals surface area contributed by atoms with E-state index in [4.69, 9.17) is 10.2 Å². The van der Waals surface area contributed by atoms with Gasteiger partial charge in [0.05, 0.1) is 12.2 Å². The molecule has 0 unspecified atom stereocenters. The van der Waals surface area contributed by atoms with Crippen LogP contribution >= 0.6 is 0 Å². The molecule has 0 amide bonds. The molecule has 0 aromatic heterocycles. The van der Waals surface area contributed by atoms with E-state index in [0.717, 1.165) is 8.61 Å². The number of nitrogens with zero attached hydrogens (tertiary/aromatic N) is 2. The van der Waals surface area contributed by atoms with Crippen molar-refractivity contribution in [1.82, 2.24) is 8.61 Å². The minimum Gasteiger partial charge on any atom is -0.389 e. The van der Waals surface area contributed by atoms with Crippen molar-refractivity contribution in [1.29, 1.82) is 0 Å². The maximum absolute atomic E-state index is 11.5. The Bertz CT molecular complexity index is 266. The molecule has 1 saturated heterocycles. The number of β-amino-alcohol motifs (C(OH)–C–C–N with tert-alkyl or cyclic N) is 2. The third-order valence-corrected chi connectivity index (χ3v) is 3.89. The Hall–Kier alpha value is -0.210. The number of aliphatic hydroxyl groups is 2. The third kappa shape index (κ3) is 2.00. The van der Waals surface area contributed by atoms with Crippen molar-refractivity contribution in [3.05, 3.63) is 0 Å². The van der Waals surface area contributed by atoms with Crippen LogP contribution in [0, 0.1) is 0 Å². The van der Waals surface area contributed by atoms with Gasteiger partial charge in [-0.25, -0.2) is 0 Å². The van der Waals surface area contributed by atoms with Gasteiger partial charge in [-0.1, -0.05) is 0 Å². The summed E-state index contributed by atoms with van der Waals surface area (Å²) in [6.07, 6.45) is -1.95. The van der Waals surface area contributed by atoms with E-state index in [0.29, 0.717) is 0 Å². The van der Waals surface area contributed by atoms with Gasteiger partial charge in [0.25, 0.3) is 10.2 Å². The average Bonchev–Trinajstić information content (AvgIpc) is 2.32. The second-order valence-electron chi connectivity index (χ2n) is 3.24. The summed E-state index contributed by atoms with van der Waals surface area (Å²) in [6, 6.07) is 0. The SMILES string of the molecule is CN(C)S(=O)(=O)N1C[C@@H](O)[C@@H](O)C1. The molecule has 0 aliphatic carbocycles. The molecule has 13 heavy (non-hydrogen) atoms. The Morgan fingerprint density at radius 3 is 1.92 bits per heavy atom. The van der Waals surface area contributed by atoms with Crippen molar-refractivity contribution in [3.8, 4) is 0 Å². The van der Waals surface area contributed by atoms with Crippen molar-refractivity contribution < 1.29 is 18.6 Å². The lowest BCUT2D eigenvalue weighted by atomic mass is 10.3. The molecular weight excluding hydrogens is 196 g/mol. The first-order chi connectivity index (χ1) is 5.85. The van der Waals surface area contributed by atoms with Crippen LogP contribution in [0.4, 0.5) is 0 Å². The maximum atomic E-state index is 11.5. The van der Waals surface area contributed by atoms with Gasteiger partial charge < -0.3 is 10.2 Å². The fraction of sp³-hybridized carbons (Fsp3) is 1.00. The van der Waals surface area contributed by atoms with Gasteiger partial charge in [-0.15, -0.1) is 0 Å². The smallest absolute Gasteiger partial charge is 0.281 e. The first kappa shape index (κ1) is 10.9. The first-order valence-corrected chi connectivity index (χ1v) is 5.29. The van der Waals surface area contributed by atoms with Crippen molar-refractivity contribution in [3.63, 3.8) is 0 Å². The van der Waals surface area contributed by atoms with E-state index < -0.39 is 22.4 Å². The number of rotatable bonds is 2. The Morgan fingerprint density at radius 1 is 1.23 bits per heavy atom. The van der Waals surface area contributed by atoms with E-state index in [1.165, 1.54) is 14.1 Å². The van der Waals surface area contributed by atoms with Gasteiger partial charge in [0.2, 0.25) is 0 Å². The Morgan fingerprint density at radius 2 is 1.62 bits per heavy atom. The lowest BCUT2D eigenvalue weighted by Gasteiger charge is -2.19. The molecule has 0 spiro atoms. The quantitative estimate of drug-likeness (QED) is 0.543. The highest BCUT2D eigenvalue weighted by molar-refractivity contribution is 7.86. The molecule has 1 rings (SSSR count). The molecule has 6 nitrogen and oxygen atoms in total. The minimum atomic E-state index is -3.50. The van der Waals surface area contributed by atoms with E-state index in [1.807, 2.05) is 0 Å². The number of hydrogen-bond donors (Lipinski definition) is 2. The molecule has 0 aromatic rings. The fourth-order valence-electron chi connectivity index (χ4n) is 1.15. The van der Waals surface area contributed by atoms with E-state index in [9.17, 15) is 8.42 Å². The summed E-state index contributed by atoms with van der Waals surface area (Å²) in [4.78, 5) is 0. The summed E-state index contributed by atoms with van der Waals surface area (Å²) in [7, 11) is -0.678. The third-order valence-electron chi connectivity index (χ3n) is 2.01. The maximum Gasteiger partial charge on any atom is 0.281 e. The summed E-state index contributed by atoms with van der Waals surface area (Å²) < 4.78 is 25.0. The Kier molecular flexibility index (Phi) is 2.93. The van der Waals surface area contributed by atoms with Crippen LogP contribution in [0.5, 0.6) is 0 Å². The zero-order chi connectivity index (χ0) is 10.2. The highest BCUT2D eigenvalue weighted by Gasteiger charge is 2.37. The summed E-state index contributed by atoms with van der Waals surface area (Å²) in [6.45, 7) is -0.0800. The van der Waals surface area contributed by atoms with Gasteiger partial charge in [-0.05, 0) is 0 Å². The number of aliphatic hydroxyl groups excluding tert-OH is 2. The summed E-state index contributed by atoms with van der Waals surface area (Å²) >= 11 is 0. The highest BCUT2D eigenvalue weighted by Crippen LogP contribution is 2.15. The van der Waals surface area contributed by atoms with Crippen LogP contribution in [-0.4, -0.2) is 66.6 Å². The second kappa shape index (κ2) is 3.50. The van der Waals surface area contributed by atoms with E-state index >= 15 is 0 Å². The van der Waals surface area contributed by atoms with Gasteiger partial charge in [0, 0.05) is 27.2 Å². The standard InChI is InChI=1S/C6H14N2O4S/c1-7(2)13(11,12)8-3-5(9)6(10)4-8/h5-6,9-10H,3-4H2,1-2H3/t5-,6+. The predicted octanol–water partition coefficient (Wildman–Crippen LogP) is -2.17. The largest absolute Gasteiger partial charge is 0.389 e. The van der Waals surface area contributed by atoms with Crippen molar-refractivity contribution in [2.24, 2.45) is 0 Å². The normalized spacial score (nSPS) is 31.5. The summed E-state index contributed by atoms with van der Waals surface area (Å²) in [5, 5.41) is 18.3. The van der Waals surface area contributed by atoms with E-state index in [1.54, 1.807) is 0 Å². The molecule has 7 heteroatoms. The number of hydrogen-bond acceptors (Lipinski definition) is 4. The highest BCUT2D eigenvalue weighted by atomic mass is 32.2. The summed E-state index contributed by atoms with van der Waals surface area (Å²) in [5.74, 6) is 0. The van der Waals surface area contributed by atoms with Crippen LogP contribution in [0.15, 0.2) is 0 Å². The van der Waals surface area contributed by atoms with Crippen molar-refractivity contribution >= 4 is 10.2 Å². The summed E-state index contributed by atoms with van der Waals surface area (Å²) in [5.41, 5.74) is 0. The van der Waals surface area contributed by atoms with Crippen molar-refractivity contribution in [2.45, 2.75) is 12.2 Å². The topological polar surface area (TPSA) is 81.1 Å². The minimum absolute atomic E-state index is 0.0400. The molecule has 1 heterocycles. The molecule has 1 aliphatic heterocycles. The second-order valence-corrected chi connectivity index (χ2v) is 5.38. The van der Waals surface area contributed by atoms with Gasteiger partial charge in [0.1, 0.15) is 0 Å². The zero-order valence-corrected chi connectivity index (χ0v) is 8.40. The molecule has 1 aliphatic rings. The van der Waals surface area contributed by atoms with Gasteiger partial charge in [-0.2, -0.15) is 17.0 Å². The Labute approximate surface area is 77.6 Å². The molecule has 0 bridgehead atoms. The first-order valence-electron chi connectivity index (χ1n) is 3.89. The molecule has 1 fully saturated rings. The van der Waals surface area contributed by atoms with Crippen LogP contribution in [0.25, 0.3) is 0 Å². The van der Waals surface area contributed by atoms with Crippen LogP contribution < -0.4 is 0 Å². The zero-order valence-electron chi connectivity index (χ0n) is 7.58. The lowest BCUT2D eigenvalue weighted by molar-refractivity contribution is 0.0572. The van der Waals surface area contributed by atoms with E-state index in [2.05, 4.69) is 0 Å². The van der Waals surface area contributed by atoms with Gasteiger partial charge in [0.15, 0.2) is 0 Å². The van der Waals surface area contributed by atoms with Crippen LogP contribution in [-0.2, 0) is 10.2 Å². The fourth-order valence-corrected chi connectivity index (χ4v) is 2.30. The molecule has 78 valence electrons. The Balaban J connectivity index is 2.77.